The molecule has 0 fully saturated rings. The summed E-state index contributed by atoms with van der Waals surface area (Å²) in [5, 5.41) is 11.5. The van der Waals surface area contributed by atoms with Crippen molar-refractivity contribution in [2.45, 2.75) is 38.0 Å². The highest BCUT2D eigenvalue weighted by molar-refractivity contribution is 6.33. The molecule has 3 aromatic rings. The van der Waals surface area contributed by atoms with Crippen LogP contribution in [0, 0.1) is 0 Å². The number of aliphatic hydroxyl groups excluding tert-OH is 1. The predicted molar refractivity (Wildman–Crippen MR) is 107 cm³/mol. The second-order valence-electron chi connectivity index (χ2n) is 7.52. The maximum atomic E-state index is 10.8. The molecule has 2 N–H and O–H groups in total. The number of imidazole rings is 1. The van der Waals surface area contributed by atoms with Crippen molar-refractivity contribution in [1.29, 1.82) is 0 Å². The molecule has 0 bridgehead atoms. The Morgan fingerprint density at radius 3 is 2.59 bits per heavy atom. The van der Waals surface area contributed by atoms with Crippen LogP contribution in [-0.4, -0.2) is 38.7 Å². The average molecular weight is 380 g/mol. The zero-order valence-corrected chi connectivity index (χ0v) is 15.8. The van der Waals surface area contributed by atoms with Gasteiger partial charge in [-0.25, -0.2) is 4.98 Å². The van der Waals surface area contributed by atoms with E-state index in [1.807, 2.05) is 24.3 Å². The van der Waals surface area contributed by atoms with Crippen LogP contribution in [0.25, 0.3) is 11.4 Å². The van der Waals surface area contributed by atoms with E-state index in [1.54, 1.807) is 0 Å². The van der Waals surface area contributed by atoms with Gasteiger partial charge < -0.3 is 10.1 Å². The number of rotatable bonds is 2. The van der Waals surface area contributed by atoms with E-state index < -0.39 is 0 Å². The molecule has 1 aliphatic heterocycles. The van der Waals surface area contributed by atoms with Gasteiger partial charge in [0.1, 0.15) is 5.82 Å². The number of benzene rings is 2. The van der Waals surface area contributed by atoms with Crippen LogP contribution in [0.1, 0.15) is 22.5 Å². The lowest BCUT2D eigenvalue weighted by Gasteiger charge is -2.39. The lowest BCUT2D eigenvalue weighted by Crippen LogP contribution is -2.50. The molecule has 0 radical (unpaired) electrons. The minimum atomic E-state index is -0.326. The van der Waals surface area contributed by atoms with Crippen molar-refractivity contribution in [2.75, 3.05) is 6.54 Å². The Kier molecular flexibility index (Phi) is 4.27. The topological polar surface area (TPSA) is 52.1 Å². The first-order valence-electron chi connectivity index (χ1n) is 9.50. The lowest BCUT2D eigenvalue weighted by atomic mass is 9.85. The SMILES string of the molecule is O[C@@H]1Cc2ccccc2C[C@H]1N1CCc2nc(-c3ccccc3Cl)[nH]c2C1. The Morgan fingerprint density at radius 1 is 1.04 bits per heavy atom. The van der Waals surface area contributed by atoms with Gasteiger partial charge in [0.25, 0.3) is 0 Å². The van der Waals surface area contributed by atoms with Crippen LogP contribution < -0.4 is 0 Å². The van der Waals surface area contributed by atoms with E-state index in [0.29, 0.717) is 5.02 Å². The van der Waals surface area contributed by atoms with Crippen molar-refractivity contribution in [3.8, 4) is 11.4 Å². The molecule has 1 aromatic heterocycles. The highest BCUT2D eigenvalue weighted by Crippen LogP contribution is 2.31. The molecular weight excluding hydrogens is 358 g/mol. The third-order valence-corrected chi connectivity index (χ3v) is 6.21. The largest absolute Gasteiger partial charge is 0.391 e. The van der Waals surface area contributed by atoms with Crippen LogP contribution in [0.3, 0.4) is 0 Å². The minimum Gasteiger partial charge on any atom is -0.391 e. The Bertz CT molecular complexity index is 983. The quantitative estimate of drug-likeness (QED) is 0.715. The van der Waals surface area contributed by atoms with E-state index in [0.717, 1.165) is 55.1 Å². The summed E-state index contributed by atoms with van der Waals surface area (Å²) in [7, 11) is 0. The van der Waals surface area contributed by atoms with Crippen molar-refractivity contribution in [3.05, 3.63) is 76.1 Å². The number of hydrogen-bond donors (Lipinski definition) is 2. The number of H-pyrrole nitrogens is 1. The zero-order valence-electron chi connectivity index (χ0n) is 15.0. The standard InChI is InChI=1S/C22H22ClN3O/c23-17-8-4-3-7-16(17)22-24-18-9-10-26(13-19(18)25-22)20-11-14-5-1-2-6-15(14)12-21(20)27/h1-8,20-21,27H,9-13H2,(H,24,25)/t20-,21-/m1/s1. The molecule has 138 valence electrons. The molecule has 5 heteroatoms. The van der Waals surface area contributed by atoms with E-state index in [9.17, 15) is 5.11 Å². The lowest BCUT2D eigenvalue weighted by molar-refractivity contribution is 0.0343. The Balaban J connectivity index is 1.40. The summed E-state index contributed by atoms with van der Waals surface area (Å²) >= 11 is 6.34. The highest BCUT2D eigenvalue weighted by atomic mass is 35.5. The van der Waals surface area contributed by atoms with Crippen LogP contribution in [-0.2, 0) is 25.8 Å². The average Bonchev–Trinajstić information content (AvgIpc) is 3.10. The van der Waals surface area contributed by atoms with Gasteiger partial charge in [0, 0.05) is 37.5 Å². The molecule has 0 spiro atoms. The number of aromatic amines is 1. The zero-order chi connectivity index (χ0) is 18.4. The first-order valence-corrected chi connectivity index (χ1v) is 9.88. The molecule has 27 heavy (non-hydrogen) atoms. The van der Waals surface area contributed by atoms with Gasteiger partial charge in [0.05, 0.1) is 22.5 Å². The summed E-state index contributed by atoms with van der Waals surface area (Å²) in [6, 6.07) is 16.4. The smallest absolute Gasteiger partial charge is 0.139 e. The number of fused-ring (bicyclic) bond motifs is 2. The third-order valence-electron chi connectivity index (χ3n) is 5.88. The Labute approximate surface area is 163 Å². The molecule has 1 aliphatic carbocycles. The van der Waals surface area contributed by atoms with Gasteiger partial charge >= 0.3 is 0 Å². The third kappa shape index (κ3) is 3.08. The fourth-order valence-electron chi connectivity index (χ4n) is 4.43. The normalized spacial score (nSPS) is 22.3. The predicted octanol–water partition coefficient (Wildman–Crippen LogP) is 3.62. The molecule has 2 aromatic carbocycles. The summed E-state index contributed by atoms with van der Waals surface area (Å²) in [6.07, 6.45) is 2.20. The number of hydrogen-bond acceptors (Lipinski definition) is 3. The highest BCUT2D eigenvalue weighted by Gasteiger charge is 2.34. The number of nitrogens with one attached hydrogen (secondary N) is 1. The fraction of sp³-hybridized carbons (Fsp3) is 0.318. The molecular formula is C22H22ClN3O. The molecule has 2 heterocycles. The maximum Gasteiger partial charge on any atom is 0.139 e. The van der Waals surface area contributed by atoms with Crippen LogP contribution in [0.2, 0.25) is 5.02 Å². The summed E-state index contributed by atoms with van der Waals surface area (Å²) in [6.45, 7) is 1.71. The first-order chi connectivity index (χ1) is 13.2. The number of halogens is 1. The number of aromatic nitrogens is 2. The summed E-state index contributed by atoms with van der Waals surface area (Å²) in [5.74, 6) is 0.835. The molecule has 0 unspecified atom stereocenters. The summed E-state index contributed by atoms with van der Waals surface area (Å²) < 4.78 is 0. The van der Waals surface area contributed by atoms with E-state index in [4.69, 9.17) is 16.6 Å². The molecule has 4 nitrogen and oxygen atoms in total. The van der Waals surface area contributed by atoms with Crippen molar-refractivity contribution in [1.82, 2.24) is 14.9 Å². The van der Waals surface area contributed by atoms with Crippen LogP contribution in [0.4, 0.5) is 0 Å². The number of nitrogens with zero attached hydrogens (tertiary/aromatic N) is 2. The minimum absolute atomic E-state index is 0.153. The fourth-order valence-corrected chi connectivity index (χ4v) is 4.65. The van der Waals surface area contributed by atoms with Gasteiger partial charge in [-0.15, -0.1) is 0 Å². The van der Waals surface area contributed by atoms with Crippen LogP contribution in [0.15, 0.2) is 48.5 Å². The maximum absolute atomic E-state index is 10.8. The van der Waals surface area contributed by atoms with Crippen molar-refractivity contribution in [2.24, 2.45) is 0 Å². The van der Waals surface area contributed by atoms with E-state index in [2.05, 4.69) is 34.1 Å². The van der Waals surface area contributed by atoms with Crippen molar-refractivity contribution < 1.29 is 5.11 Å². The second-order valence-corrected chi connectivity index (χ2v) is 7.93. The summed E-state index contributed by atoms with van der Waals surface area (Å²) in [5.41, 5.74) is 5.84. The van der Waals surface area contributed by atoms with Crippen molar-refractivity contribution in [3.63, 3.8) is 0 Å². The van der Waals surface area contributed by atoms with Gasteiger partial charge in [0.15, 0.2) is 0 Å². The van der Waals surface area contributed by atoms with Crippen LogP contribution >= 0.6 is 11.6 Å². The summed E-state index contributed by atoms with van der Waals surface area (Å²) in [4.78, 5) is 10.7. The molecule has 0 saturated heterocycles. The van der Waals surface area contributed by atoms with E-state index in [1.165, 1.54) is 11.1 Å². The molecule has 2 aliphatic rings. The van der Waals surface area contributed by atoms with Crippen LogP contribution in [0.5, 0.6) is 0 Å². The van der Waals surface area contributed by atoms with Gasteiger partial charge in [-0.05, 0) is 29.7 Å². The first kappa shape index (κ1) is 17.0. The Morgan fingerprint density at radius 2 is 1.78 bits per heavy atom. The molecule has 0 saturated carbocycles. The molecule has 2 atom stereocenters. The second kappa shape index (κ2) is 6.79. The van der Waals surface area contributed by atoms with Gasteiger partial charge in [-0.2, -0.15) is 0 Å². The van der Waals surface area contributed by atoms with Gasteiger partial charge in [-0.1, -0.05) is 48.0 Å². The van der Waals surface area contributed by atoms with E-state index >= 15 is 0 Å². The van der Waals surface area contributed by atoms with Crippen molar-refractivity contribution >= 4 is 11.6 Å². The van der Waals surface area contributed by atoms with Gasteiger partial charge in [-0.3, -0.25) is 4.90 Å². The monoisotopic (exact) mass is 379 g/mol. The Hall–Kier alpha value is -2.14. The molecule has 5 rings (SSSR count). The number of aliphatic hydroxyl groups is 1. The van der Waals surface area contributed by atoms with Gasteiger partial charge in [0.2, 0.25) is 0 Å². The van der Waals surface area contributed by atoms with E-state index in [-0.39, 0.29) is 12.1 Å². The molecule has 0 amide bonds.